The fraction of sp³-hybridized carbons (Fsp3) is 0.333. The molecule has 1 unspecified atom stereocenters. The minimum Gasteiger partial charge on any atom is -0.368 e. The quantitative estimate of drug-likeness (QED) is 0.652. The molecule has 4 nitrogen and oxygen atoms in total. The Kier molecular flexibility index (Phi) is 4.52. The number of rotatable bonds is 3. The summed E-state index contributed by atoms with van der Waals surface area (Å²) in [5.74, 6) is 0. The highest BCUT2D eigenvalue weighted by Crippen LogP contribution is 2.30. The molecular formula is C18H19BrN4S. The zero-order valence-corrected chi connectivity index (χ0v) is 15.9. The van der Waals surface area contributed by atoms with Gasteiger partial charge in [0, 0.05) is 59.5 Å². The maximum atomic E-state index is 4.50. The molecule has 1 fully saturated rings. The zero-order chi connectivity index (χ0) is 16.5. The van der Waals surface area contributed by atoms with Crippen molar-refractivity contribution >= 4 is 43.9 Å². The maximum absolute atomic E-state index is 4.50. The summed E-state index contributed by atoms with van der Waals surface area (Å²) in [6, 6.07) is 8.87. The Morgan fingerprint density at radius 3 is 2.67 bits per heavy atom. The molecule has 0 amide bonds. The van der Waals surface area contributed by atoms with E-state index < -0.39 is 0 Å². The Balaban J connectivity index is 1.52. The molecule has 0 N–H and O–H groups in total. The molecule has 0 bridgehead atoms. The van der Waals surface area contributed by atoms with Crippen LogP contribution in [0.15, 0.2) is 46.5 Å². The van der Waals surface area contributed by atoms with E-state index in [2.05, 4.69) is 72.3 Å². The fourth-order valence-electron chi connectivity index (χ4n) is 3.33. The van der Waals surface area contributed by atoms with Crippen molar-refractivity contribution in [3.05, 3.63) is 51.5 Å². The number of aromatic nitrogens is 2. The summed E-state index contributed by atoms with van der Waals surface area (Å²) in [5.41, 5.74) is 2.33. The number of thiazole rings is 1. The van der Waals surface area contributed by atoms with Gasteiger partial charge in [-0.05, 0) is 31.2 Å². The van der Waals surface area contributed by atoms with E-state index in [9.17, 15) is 0 Å². The van der Waals surface area contributed by atoms with Crippen molar-refractivity contribution in [1.82, 2.24) is 14.9 Å². The van der Waals surface area contributed by atoms with Crippen LogP contribution in [0.2, 0.25) is 0 Å². The summed E-state index contributed by atoms with van der Waals surface area (Å²) in [4.78, 5) is 14.0. The third-order valence-electron chi connectivity index (χ3n) is 4.69. The smallest absolute Gasteiger partial charge is 0.109 e. The Hall–Kier alpha value is -1.50. The predicted octanol–water partition coefficient (Wildman–Crippen LogP) is 4.34. The van der Waals surface area contributed by atoms with Gasteiger partial charge in [0.2, 0.25) is 0 Å². The van der Waals surface area contributed by atoms with Crippen molar-refractivity contribution in [2.24, 2.45) is 0 Å². The van der Waals surface area contributed by atoms with Crippen molar-refractivity contribution in [2.45, 2.75) is 13.0 Å². The van der Waals surface area contributed by atoms with Crippen molar-refractivity contribution in [3.8, 4) is 0 Å². The van der Waals surface area contributed by atoms with E-state index in [0.717, 1.165) is 36.2 Å². The van der Waals surface area contributed by atoms with Gasteiger partial charge in [0.05, 0.1) is 11.6 Å². The lowest BCUT2D eigenvalue weighted by molar-refractivity contribution is 0.198. The lowest BCUT2D eigenvalue weighted by atomic mass is 10.1. The molecule has 4 rings (SSSR count). The van der Waals surface area contributed by atoms with Crippen LogP contribution in [0.4, 0.5) is 5.69 Å². The van der Waals surface area contributed by atoms with Crippen LogP contribution in [0.25, 0.3) is 10.9 Å². The lowest BCUT2D eigenvalue weighted by Gasteiger charge is -2.38. The van der Waals surface area contributed by atoms with E-state index in [1.165, 1.54) is 16.1 Å². The average molecular weight is 403 g/mol. The Labute approximate surface area is 154 Å². The standard InChI is InChI=1S/C18H19BrN4S/c1-13(18-21-6-11-24-18)22-7-9-23(10-8-22)17-4-5-20-16-12-14(19)2-3-15(16)17/h2-6,11-13H,7-10H2,1H3. The van der Waals surface area contributed by atoms with Crippen LogP contribution in [0.3, 0.4) is 0 Å². The first-order valence-corrected chi connectivity index (χ1v) is 9.82. The van der Waals surface area contributed by atoms with Crippen molar-refractivity contribution < 1.29 is 0 Å². The third kappa shape index (κ3) is 3.06. The van der Waals surface area contributed by atoms with Crippen molar-refractivity contribution in [1.29, 1.82) is 0 Å². The number of pyridine rings is 1. The molecular weight excluding hydrogens is 384 g/mol. The first kappa shape index (κ1) is 16.0. The number of fused-ring (bicyclic) bond motifs is 1. The summed E-state index contributed by atoms with van der Waals surface area (Å²) in [6.07, 6.45) is 3.81. The lowest BCUT2D eigenvalue weighted by Crippen LogP contribution is -2.47. The Morgan fingerprint density at radius 1 is 1.08 bits per heavy atom. The molecule has 0 aliphatic carbocycles. The molecule has 124 valence electrons. The number of hydrogen-bond donors (Lipinski definition) is 0. The van der Waals surface area contributed by atoms with Gasteiger partial charge in [-0.1, -0.05) is 15.9 Å². The largest absolute Gasteiger partial charge is 0.368 e. The molecule has 3 aromatic rings. The second-order valence-electron chi connectivity index (χ2n) is 6.06. The number of hydrogen-bond acceptors (Lipinski definition) is 5. The molecule has 2 aromatic heterocycles. The summed E-state index contributed by atoms with van der Waals surface area (Å²) in [7, 11) is 0. The van der Waals surface area contributed by atoms with Crippen LogP contribution in [0, 0.1) is 0 Å². The maximum Gasteiger partial charge on any atom is 0.109 e. The van der Waals surface area contributed by atoms with E-state index in [-0.39, 0.29) is 0 Å². The molecule has 1 aliphatic rings. The number of nitrogens with zero attached hydrogens (tertiary/aromatic N) is 4. The van der Waals surface area contributed by atoms with Crippen LogP contribution in [-0.4, -0.2) is 41.0 Å². The van der Waals surface area contributed by atoms with Crippen LogP contribution in [0.1, 0.15) is 18.0 Å². The molecule has 1 aliphatic heterocycles. The van der Waals surface area contributed by atoms with Crippen LogP contribution >= 0.6 is 27.3 Å². The van der Waals surface area contributed by atoms with E-state index in [4.69, 9.17) is 0 Å². The highest BCUT2D eigenvalue weighted by Gasteiger charge is 2.24. The normalized spacial score (nSPS) is 17.3. The number of piperazine rings is 1. The van der Waals surface area contributed by atoms with E-state index >= 15 is 0 Å². The fourth-order valence-corrected chi connectivity index (χ4v) is 4.41. The van der Waals surface area contributed by atoms with E-state index in [1.807, 2.05) is 12.4 Å². The van der Waals surface area contributed by atoms with Gasteiger partial charge in [-0.15, -0.1) is 11.3 Å². The third-order valence-corrected chi connectivity index (χ3v) is 6.13. The van der Waals surface area contributed by atoms with Gasteiger partial charge < -0.3 is 4.90 Å². The van der Waals surface area contributed by atoms with E-state index in [1.54, 1.807) is 11.3 Å². The molecule has 1 aromatic carbocycles. The molecule has 0 spiro atoms. The number of benzene rings is 1. The predicted molar refractivity (Wildman–Crippen MR) is 104 cm³/mol. The van der Waals surface area contributed by atoms with Crippen LogP contribution in [0.5, 0.6) is 0 Å². The van der Waals surface area contributed by atoms with Gasteiger partial charge in [0.15, 0.2) is 0 Å². The highest BCUT2D eigenvalue weighted by molar-refractivity contribution is 9.10. The molecule has 6 heteroatoms. The molecule has 1 atom stereocenters. The van der Waals surface area contributed by atoms with Gasteiger partial charge in [0.25, 0.3) is 0 Å². The second-order valence-corrected chi connectivity index (χ2v) is 7.90. The average Bonchev–Trinajstić information content (AvgIpc) is 3.15. The first-order valence-electron chi connectivity index (χ1n) is 8.15. The van der Waals surface area contributed by atoms with Gasteiger partial charge in [-0.25, -0.2) is 4.98 Å². The minimum absolute atomic E-state index is 0.400. The number of anilines is 1. The SMILES string of the molecule is CC(c1nccs1)N1CCN(c2ccnc3cc(Br)ccc23)CC1. The Bertz CT molecular complexity index is 828. The van der Waals surface area contributed by atoms with Gasteiger partial charge in [0.1, 0.15) is 5.01 Å². The summed E-state index contributed by atoms with van der Waals surface area (Å²) >= 11 is 5.28. The molecule has 24 heavy (non-hydrogen) atoms. The minimum atomic E-state index is 0.400. The van der Waals surface area contributed by atoms with Crippen molar-refractivity contribution in [3.63, 3.8) is 0 Å². The molecule has 3 heterocycles. The van der Waals surface area contributed by atoms with Crippen LogP contribution in [-0.2, 0) is 0 Å². The van der Waals surface area contributed by atoms with Gasteiger partial charge in [-0.3, -0.25) is 9.88 Å². The topological polar surface area (TPSA) is 32.3 Å². The van der Waals surface area contributed by atoms with Crippen molar-refractivity contribution in [2.75, 3.05) is 31.1 Å². The zero-order valence-electron chi connectivity index (χ0n) is 13.5. The molecule has 0 saturated carbocycles. The number of halogens is 1. The van der Waals surface area contributed by atoms with Gasteiger partial charge >= 0.3 is 0 Å². The van der Waals surface area contributed by atoms with E-state index in [0.29, 0.717) is 6.04 Å². The van der Waals surface area contributed by atoms with Gasteiger partial charge in [-0.2, -0.15) is 0 Å². The molecule has 1 saturated heterocycles. The summed E-state index contributed by atoms with van der Waals surface area (Å²) in [5, 5.41) is 4.49. The summed E-state index contributed by atoms with van der Waals surface area (Å²) < 4.78 is 1.07. The van der Waals surface area contributed by atoms with Crippen LogP contribution < -0.4 is 4.90 Å². The monoisotopic (exact) mass is 402 g/mol. The molecule has 0 radical (unpaired) electrons. The first-order chi connectivity index (χ1) is 11.7. The summed E-state index contributed by atoms with van der Waals surface area (Å²) in [6.45, 7) is 6.44. The highest BCUT2D eigenvalue weighted by atomic mass is 79.9. The Morgan fingerprint density at radius 2 is 1.92 bits per heavy atom. The second kappa shape index (κ2) is 6.78.